The third-order valence-electron chi connectivity index (χ3n) is 4.86. The van der Waals surface area contributed by atoms with E-state index < -0.39 is 16.5 Å². The molecule has 150 valence electrons. The number of nitrogens with zero attached hydrogens (tertiary/aromatic N) is 6. The molecule has 28 heavy (non-hydrogen) atoms. The molecule has 1 aromatic heterocycles. The van der Waals surface area contributed by atoms with E-state index in [1.165, 1.54) is 13.0 Å². The van der Waals surface area contributed by atoms with E-state index in [4.69, 9.17) is 0 Å². The third kappa shape index (κ3) is 3.77. The van der Waals surface area contributed by atoms with Crippen LogP contribution in [0.4, 0.5) is 17.1 Å². The summed E-state index contributed by atoms with van der Waals surface area (Å²) in [5.74, 6) is 1.38. The minimum absolute atomic E-state index is 0.00177. The SMILES string of the molecule is Cc1nc(CN2CCN(c3c([N+](=O)[O-])cc(CO)c(C)c3[N+](=O)[O-])CC2)n[nH]1. The number of aryl methyl sites for hydroxylation is 1. The minimum Gasteiger partial charge on any atom is -0.392 e. The maximum atomic E-state index is 11.7. The van der Waals surface area contributed by atoms with E-state index in [1.807, 2.05) is 6.92 Å². The number of nitro groups is 2. The Hall–Kier alpha value is -3.12. The van der Waals surface area contributed by atoms with Crippen molar-refractivity contribution in [3.63, 3.8) is 0 Å². The average Bonchev–Trinajstić information content (AvgIpc) is 3.06. The minimum atomic E-state index is -0.635. The number of nitro benzene ring substituents is 2. The number of aromatic amines is 1. The number of H-pyrrole nitrogens is 1. The maximum absolute atomic E-state index is 11.7. The number of anilines is 1. The first kappa shape index (κ1) is 19.6. The summed E-state index contributed by atoms with van der Waals surface area (Å²) >= 11 is 0. The first-order valence-electron chi connectivity index (χ1n) is 8.73. The van der Waals surface area contributed by atoms with Crippen LogP contribution in [0.3, 0.4) is 0 Å². The van der Waals surface area contributed by atoms with Gasteiger partial charge in [-0.05, 0) is 19.4 Å². The Morgan fingerprint density at radius 3 is 2.36 bits per heavy atom. The summed E-state index contributed by atoms with van der Waals surface area (Å²) < 4.78 is 0. The van der Waals surface area contributed by atoms with Crippen molar-refractivity contribution in [2.24, 2.45) is 0 Å². The quantitative estimate of drug-likeness (QED) is 0.543. The first-order chi connectivity index (χ1) is 13.3. The predicted molar refractivity (Wildman–Crippen MR) is 99.0 cm³/mol. The Kier molecular flexibility index (Phi) is 5.51. The number of piperazine rings is 1. The van der Waals surface area contributed by atoms with Gasteiger partial charge in [0.1, 0.15) is 5.82 Å². The molecule has 1 fully saturated rings. The van der Waals surface area contributed by atoms with Crippen LogP contribution in [0.1, 0.15) is 22.8 Å². The molecule has 1 aromatic carbocycles. The average molecular weight is 391 g/mol. The number of aromatic nitrogens is 3. The van der Waals surface area contributed by atoms with E-state index in [2.05, 4.69) is 20.1 Å². The molecule has 2 aromatic rings. The molecule has 0 unspecified atom stereocenters. The molecule has 2 heterocycles. The monoisotopic (exact) mass is 391 g/mol. The number of hydrogen-bond acceptors (Lipinski definition) is 9. The Bertz CT molecular complexity index is 905. The highest BCUT2D eigenvalue weighted by atomic mass is 16.6. The van der Waals surface area contributed by atoms with Crippen LogP contribution in [0, 0.1) is 34.1 Å². The van der Waals surface area contributed by atoms with Crippen molar-refractivity contribution in [1.29, 1.82) is 0 Å². The molecule has 12 heteroatoms. The van der Waals surface area contributed by atoms with Gasteiger partial charge in [0, 0.05) is 37.8 Å². The second kappa shape index (κ2) is 7.86. The lowest BCUT2D eigenvalue weighted by atomic mass is 10.0. The molecule has 1 aliphatic rings. The summed E-state index contributed by atoms with van der Waals surface area (Å²) in [4.78, 5) is 30.0. The highest BCUT2D eigenvalue weighted by Gasteiger charge is 2.35. The summed E-state index contributed by atoms with van der Waals surface area (Å²) in [6.07, 6.45) is 0. The van der Waals surface area contributed by atoms with Gasteiger partial charge in [-0.15, -0.1) is 0 Å². The van der Waals surface area contributed by atoms with Crippen molar-refractivity contribution in [1.82, 2.24) is 20.1 Å². The second-order valence-corrected chi connectivity index (χ2v) is 6.65. The Morgan fingerprint density at radius 1 is 1.18 bits per heavy atom. The molecule has 0 bridgehead atoms. The molecule has 0 amide bonds. The molecule has 1 aliphatic heterocycles. The van der Waals surface area contributed by atoms with Crippen LogP contribution in [0.2, 0.25) is 0 Å². The lowest BCUT2D eigenvalue weighted by Gasteiger charge is -2.35. The van der Waals surface area contributed by atoms with Crippen LogP contribution in [0.5, 0.6) is 0 Å². The van der Waals surface area contributed by atoms with E-state index >= 15 is 0 Å². The van der Waals surface area contributed by atoms with Gasteiger partial charge >= 0.3 is 5.69 Å². The lowest BCUT2D eigenvalue weighted by molar-refractivity contribution is -0.393. The zero-order valence-electron chi connectivity index (χ0n) is 15.6. The largest absolute Gasteiger partial charge is 0.392 e. The number of nitrogens with one attached hydrogen (secondary N) is 1. The van der Waals surface area contributed by atoms with Gasteiger partial charge in [0.25, 0.3) is 5.69 Å². The fourth-order valence-corrected chi connectivity index (χ4v) is 3.42. The maximum Gasteiger partial charge on any atom is 0.302 e. The number of rotatable bonds is 6. The zero-order valence-corrected chi connectivity index (χ0v) is 15.6. The molecule has 0 spiro atoms. The number of aliphatic hydroxyl groups is 1. The van der Waals surface area contributed by atoms with Crippen molar-refractivity contribution >= 4 is 17.1 Å². The summed E-state index contributed by atoms with van der Waals surface area (Å²) in [7, 11) is 0. The van der Waals surface area contributed by atoms with Gasteiger partial charge in [0.05, 0.1) is 23.0 Å². The Labute approximate surface area is 160 Å². The van der Waals surface area contributed by atoms with Crippen LogP contribution in [0.25, 0.3) is 0 Å². The molecule has 2 N–H and O–H groups in total. The molecule has 12 nitrogen and oxygen atoms in total. The zero-order chi connectivity index (χ0) is 20.4. The molecule has 0 radical (unpaired) electrons. The van der Waals surface area contributed by atoms with Gasteiger partial charge in [-0.25, -0.2) is 4.98 Å². The van der Waals surface area contributed by atoms with E-state index in [1.54, 1.807) is 4.90 Å². The van der Waals surface area contributed by atoms with Crippen molar-refractivity contribution in [2.45, 2.75) is 27.0 Å². The topological polar surface area (TPSA) is 155 Å². The summed E-state index contributed by atoms with van der Waals surface area (Å²) in [5, 5.41) is 39.6. The molecule has 0 aliphatic carbocycles. The smallest absolute Gasteiger partial charge is 0.302 e. The van der Waals surface area contributed by atoms with E-state index in [9.17, 15) is 25.3 Å². The second-order valence-electron chi connectivity index (χ2n) is 6.65. The van der Waals surface area contributed by atoms with E-state index in [-0.39, 0.29) is 28.2 Å². The fourth-order valence-electron chi connectivity index (χ4n) is 3.42. The normalized spacial score (nSPS) is 15.0. The van der Waals surface area contributed by atoms with Gasteiger partial charge in [0.2, 0.25) is 0 Å². The summed E-state index contributed by atoms with van der Waals surface area (Å²) in [6.45, 7) is 5.24. The van der Waals surface area contributed by atoms with E-state index in [0.717, 1.165) is 5.82 Å². The van der Waals surface area contributed by atoms with Gasteiger partial charge in [0.15, 0.2) is 11.5 Å². The van der Waals surface area contributed by atoms with Crippen molar-refractivity contribution in [3.8, 4) is 0 Å². The molecule has 0 atom stereocenters. The number of hydrogen-bond donors (Lipinski definition) is 2. The van der Waals surface area contributed by atoms with Crippen LogP contribution in [-0.4, -0.2) is 61.2 Å². The van der Waals surface area contributed by atoms with E-state index in [0.29, 0.717) is 38.5 Å². The lowest BCUT2D eigenvalue weighted by Crippen LogP contribution is -2.46. The Balaban J connectivity index is 1.88. The highest BCUT2D eigenvalue weighted by molar-refractivity contribution is 5.79. The van der Waals surface area contributed by atoms with Crippen LogP contribution in [0.15, 0.2) is 6.07 Å². The molecular weight excluding hydrogens is 370 g/mol. The third-order valence-corrected chi connectivity index (χ3v) is 4.86. The van der Waals surface area contributed by atoms with Gasteiger partial charge in [-0.3, -0.25) is 30.2 Å². The molecule has 0 saturated carbocycles. The van der Waals surface area contributed by atoms with Crippen LogP contribution in [-0.2, 0) is 13.2 Å². The van der Waals surface area contributed by atoms with Crippen molar-refractivity contribution in [2.75, 3.05) is 31.1 Å². The van der Waals surface area contributed by atoms with Gasteiger partial charge < -0.3 is 10.0 Å². The molecular formula is C16H21N7O5. The molecule has 3 rings (SSSR count). The Morgan fingerprint density at radius 2 is 1.86 bits per heavy atom. The highest BCUT2D eigenvalue weighted by Crippen LogP contribution is 2.42. The standard InChI is InChI=1S/C16H21N7O5/c1-10-12(9-24)7-13(22(25)26)16(15(10)23(27)28)21-5-3-20(4-6-21)8-14-17-11(2)18-19-14/h7,24H,3-6,8-9H2,1-2H3,(H,17,18,19). The van der Waals surface area contributed by atoms with Crippen molar-refractivity contribution < 1.29 is 15.0 Å². The molecule has 1 saturated heterocycles. The predicted octanol–water partition coefficient (Wildman–Crippen LogP) is 1.05. The van der Waals surface area contributed by atoms with Crippen molar-refractivity contribution in [3.05, 3.63) is 49.1 Å². The first-order valence-corrected chi connectivity index (χ1v) is 8.73. The fraction of sp³-hybridized carbons (Fsp3) is 0.500. The summed E-state index contributed by atoms with van der Waals surface area (Å²) in [6, 6.07) is 1.22. The number of aliphatic hydroxyl groups excluding tert-OH is 1. The van der Waals surface area contributed by atoms with Gasteiger partial charge in [-0.2, -0.15) is 5.10 Å². The summed E-state index contributed by atoms with van der Waals surface area (Å²) in [5.41, 5.74) is -0.263. The van der Waals surface area contributed by atoms with Crippen LogP contribution < -0.4 is 4.90 Å². The van der Waals surface area contributed by atoms with Gasteiger partial charge in [-0.1, -0.05) is 0 Å². The number of benzene rings is 1. The van der Waals surface area contributed by atoms with Crippen LogP contribution >= 0.6 is 0 Å².